The maximum Gasteiger partial charge on any atom is 0.315 e. The molecule has 1 aromatic rings. The van der Waals surface area contributed by atoms with Crippen molar-refractivity contribution in [2.75, 3.05) is 27.2 Å². The lowest BCUT2D eigenvalue weighted by atomic mass is 10.1. The molecule has 6 heteroatoms. The number of urea groups is 1. The molecule has 0 saturated carbocycles. The molecule has 2 rings (SSSR count). The van der Waals surface area contributed by atoms with Gasteiger partial charge in [-0.25, -0.2) is 4.79 Å². The highest BCUT2D eigenvalue weighted by Gasteiger charge is 2.24. The van der Waals surface area contributed by atoms with E-state index in [1.807, 2.05) is 21.0 Å². The van der Waals surface area contributed by atoms with Crippen LogP contribution in [-0.4, -0.2) is 50.3 Å². The molecular weight excluding hydrogens is 286 g/mol. The molecule has 0 aromatic carbocycles. The largest absolute Gasteiger partial charge is 0.376 e. The Kier molecular flexibility index (Phi) is 6.02. The first kappa shape index (κ1) is 16.3. The summed E-state index contributed by atoms with van der Waals surface area (Å²) < 4.78 is 5.59. The Labute approximate surface area is 130 Å². The van der Waals surface area contributed by atoms with Crippen molar-refractivity contribution in [2.45, 2.75) is 38.0 Å². The minimum atomic E-state index is -0.125. The summed E-state index contributed by atoms with van der Waals surface area (Å²) in [6.45, 7) is 3.39. The van der Waals surface area contributed by atoms with E-state index in [1.165, 1.54) is 5.56 Å². The van der Waals surface area contributed by atoms with Gasteiger partial charge >= 0.3 is 6.03 Å². The number of hydrogen-bond acceptors (Lipinski definition) is 4. The van der Waals surface area contributed by atoms with E-state index < -0.39 is 0 Å². The summed E-state index contributed by atoms with van der Waals surface area (Å²) in [5.74, 6) is 0. The summed E-state index contributed by atoms with van der Waals surface area (Å²) in [6.07, 6.45) is 2.26. The second-order valence-electron chi connectivity index (χ2n) is 5.73. The lowest BCUT2D eigenvalue weighted by Gasteiger charge is -2.25. The molecule has 1 aliphatic heterocycles. The van der Waals surface area contributed by atoms with Gasteiger partial charge < -0.3 is 20.3 Å². The zero-order chi connectivity index (χ0) is 15.2. The summed E-state index contributed by atoms with van der Waals surface area (Å²) in [5, 5.41) is 10.1. The van der Waals surface area contributed by atoms with Gasteiger partial charge in [-0.1, -0.05) is 0 Å². The number of nitrogens with zero attached hydrogens (tertiary/aromatic N) is 1. The number of carbonyl (C=O) groups is 1. The van der Waals surface area contributed by atoms with Gasteiger partial charge in [0.15, 0.2) is 0 Å². The van der Waals surface area contributed by atoms with Gasteiger partial charge in [0.25, 0.3) is 0 Å². The minimum Gasteiger partial charge on any atom is -0.376 e. The van der Waals surface area contributed by atoms with Crippen LogP contribution < -0.4 is 10.6 Å². The predicted molar refractivity (Wildman–Crippen MR) is 85.7 cm³/mol. The highest BCUT2D eigenvalue weighted by Crippen LogP contribution is 2.20. The molecular formula is C15H25N3O2S. The molecule has 1 saturated heterocycles. The van der Waals surface area contributed by atoms with Crippen molar-refractivity contribution in [3.63, 3.8) is 0 Å². The van der Waals surface area contributed by atoms with E-state index in [0.717, 1.165) is 19.4 Å². The van der Waals surface area contributed by atoms with Crippen LogP contribution in [0.15, 0.2) is 16.8 Å². The van der Waals surface area contributed by atoms with E-state index in [2.05, 4.69) is 32.4 Å². The van der Waals surface area contributed by atoms with Crippen molar-refractivity contribution < 1.29 is 9.53 Å². The average molecular weight is 311 g/mol. The fraction of sp³-hybridized carbons (Fsp3) is 0.667. The molecule has 1 aromatic heterocycles. The average Bonchev–Trinajstić information content (AvgIpc) is 3.12. The molecule has 2 heterocycles. The zero-order valence-electron chi connectivity index (χ0n) is 13.0. The van der Waals surface area contributed by atoms with Gasteiger partial charge in [-0.05, 0) is 56.3 Å². The second-order valence-corrected chi connectivity index (χ2v) is 6.51. The third-order valence-electron chi connectivity index (χ3n) is 3.89. The fourth-order valence-corrected chi connectivity index (χ4v) is 3.31. The lowest BCUT2D eigenvalue weighted by molar-refractivity contribution is 0.0859. The predicted octanol–water partition coefficient (Wildman–Crippen LogP) is 2.22. The van der Waals surface area contributed by atoms with Crippen molar-refractivity contribution in [1.29, 1.82) is 0 Å². The van der Waals surface area contributed by atoms with Crippen molar-refractivity contribution >= 4 is 17.4 Å². The Bertz CT molecular complexity index is 430. The van der Waals surface area contributed by atoms with Gasteiger partial charge in [0.2, 0.25) is 0 Å². The first-order valence-corrected chi connectivity index (χ1v) is 8.36. The fourth-order valence-electron chi connectivity index (χ4n) is 2.60. The van der Waals surface area contributed by atoms with Gasteiger partial charge in [0.05, 0.1) is 18.2 Å². The van der Waals surface area contributed by atoms with Crippen LogP contribution in [0.5, 0.6) is 0 Å². The number of rotatable bonds is 6. The van der Waals surface area contributed by atoms with E-state index in [4.69, 9.17) is 4.74 Å². The Morgan fingerprint density at radius 1 is 1.57 bits per heavy atom. The topological polar surface area (TPSA) is 53.6 Å². The lowest BCUT2D eigenvalue weighted by Crippen LogP contribution is -2.47. The molecule has 0 spiro atoms. The zero-order valence-corrected chi connectivity index (χ0v) is 13.8. The number of hydrogen-bond donors (Lipinski definition) is 2. The summed E-state index contributed by atoms with van der Waals surface area (Å²) in [7, 11) is 4.05. The molecule has 118 valence electrons. The van der Waals surface area contributed by atoms with Crippen molar-refractivity contribution in [3.05, 3.63) is 22.4 Å². The minimum absolute atomic E-state index is 0.0476. The van der Waals surface area contributed by atoms with Gasteiger partial charge in [0, 0.05) is 13.2 Å². The summed E-state index contributed by atoms with van der Waals surface area (Å²) in [6, 6.07) is 2.22. The molecule has 0 aliphatic carbocycles. The Hall–Kier alpha value is -1.11. The van der Waals surface area contributed by atoms with Crippen LogP contribution >= 0.6 is 11.3 Å². The monoisotopic (exact) mass is 311 g/mol. The van der Waals surface area contributed by atoms with Gasteiger partial charge in [-0.3, -0.25) is 0 Å². The number of carbonyl (C=O) groups excluding carboxylic acids is 1. The van der Waals surface area contributed by atoms with Crippen LogP contribution in [0, 0.1) is 0 Å². The summed E-state index contributed by atoms with van der Waals surface area (Å²) in [4.78, 5) is 14.1. The van der Waals surface area contributed by atoms with Crippen LogP contribution in [0.4, 0.5) is 4.79 Å². The quantitative estimate of drug-likeness (QED) is 0.847. The second kappa shape index (κ2) is 7.77. The van der Waals surface area contributed by atoms with Crippen molar-refractivity contribution in [1.82, 2.24) is 15.5 Å². The number of thiophene rings is 1. The van der Waals surface area contributed by atoms with Crippen LogP contribution in [-0.2, 0) is 4.74 Å². The van der Waals surface area contributed by atoms with E-state index in [0.29, 0.717) is 6.54 Å². The Morgan fingerprint density at radius 2 is 2.38 bits per heavy atom. The van der Waals surface area contributed by atoms with Crippen LogP contribution in [0.2, 0.25) is 0 Å². The van der Waals surface area contributed by atoms with Crippen LogP contribution in [0.25, 0.3) is 0 Å². The number of ether oxygens (including phenoxy) is 1. The smallest absolute Gasteiger partial charge is 0.315 e. The third kappa shape index (κ3) is 4.69. The van der Waals surface area contributed by atoms with Gasteiger partial charge in [0.1, 0.15) is 0 Å². The number of likely N-dealkylation sites (N-methyl/N-ethyl adjacent to an activating group) is 1. The van der Waals surface area contributed by atoms with Crippen molar-refractivity contribution in [2.24, 2.45) is 0 Å². The maximum atomic E-state index is 12.0. The Balaban J connectivity index is 1.79. The molecule has 21 heavy (non-hydrogen) atoms. The maximum absolute atomic E-state index is 12.0. The number of nitrogens with one attached hydrogen (secondary N) is 2. The Morgan fingerprint density at radius 3 is 2.95 bits per heavy atom. The molecule has 1 aliphatic rings. The van der Waals surface area contributed by atoms with E-state index in [9.17, 15) is 4.79 Å². The number of amides is 2. The third-order valence-corrected chi connectivity index (χ3v) is 4.59. The highest BCUT2D eigenvalue weighted by atomic mass is 32.1. The van der Waals surface area contributed by atoms with E-state index >= 15 is 0 Å². The first-order valence-electron chi connectivity index (χ1n) is 7.42. The van der Waals surface area contributed by atoms with E-state index in [-0.39, 0.29) is 24.2 Å². The molecule has 3 atom stereocenters. The first-order chi connectivity index (χ1) is 10.1. The molecule has 1 fully saturated rings. The molecule has 2 N–H and O–H groups in total. The van der Waals surface area contributed by atoms with E-state index in [1.54, 1.807) is 11.3 Å². The molecule has 2 amide bonds. The summed E-state index contributed by atoms with van der Waals surface area (Å²) >= 11 is 1.68. The van der Waals surface area contributed by atoms with Crippen molar-refractivity contribution in [3.8, 4) is 0 Å². The molecule has 0 radical (unpaired) electrons. The van der Waals surface area contributed by atoms with Gasteiger partial charge in [-0.15, -0.1) is 0 Å². The standard InChI is InChI=1S/C15H25N3O2S/c1-11(14-5-4-7-20-14)17-15(19)16-9-13(18(2)3)12-6-8-21-10-12/h6,8,10-11,13-14H,4-5,7,9H2,1-3H3,(H2,16,17,19)/t11-,13+,14+/m0/s1. The van der Waals surface area contributed by atoms with Gasteiger partial charge in [-0.2, -0.15) is 11.3 Å². The molecule has 5 nitrogen and oxygen atoms in total. The normalized spacial score (nSPS) is 21.2. The molecule has 0 bridgehead atoms. The van der Waals surface area contributed by atoms with Crippen LogP contribution in [0.1, 0.15) is 31.4 Å². The highest BCUT2D eigenvalue weighted by molar-refractivity contribution is 7.07. The molecule has 0 unspecified atom stereocenters. The summed E-state index contributed by atoms with van der Waals surface area (Å²) in [5.41, 5.74) is 1.23. The SMILES string of the molecule is C[C@H](NC(=O)NC[C@H](c1ccsc1)N(C)C)[C@H]1CCCO1. The van der Waals surface area contributed by atoms with Crippen LogP contribution in [0.3, 0.4) is 0 Å².